The second-order valence-corrected chi connectivity index (χ2v) is 5.71. The van der Waals surface area contributed by atoms with Crippen LogP contribution >= 0.6 is 11.6 Å². The van der Waals surface area contributed by atoms with Gasteiger partial charge < -0.3 is 4.90 Å². The number of rotatable bonds is 5. The first-order valence-corrected chi connectivity index (χ1v) is 7.83. The number of benzene rings is 1. The highest BCUT2D eigenvalue weighted by Crippen LogP contribution is 2.18. The van der Waals surface area contributed by atoms with Crippen molar-refractivity contribution in [1.82, 2.24) is 9.80 Å². The monoisotopic (exact) mass is 294 g/mol. The van der Waals surface area contributed by atoms with Gasteiger partial charge in [0.05, 0.1) is 0 Å². The minimum Gasteiger partial charge on any atom is -0.340 e. The lowest BCUT2D eigenvalue weighted by molar-refractivity contribution is 0.0754. The van der Waals surface area contributed by atoms with Crippen molar-refractivity contribution >= 4 is 17.5 Å². The van der Waals surface area contributed by atoms with Crippen LogP contribution in [0.2, 0.25) is 0 Å². The molecule has 0 radical (unpaired) electrons. The lowest BCUT2D eigenvalue weighted by Crippen LogP contribution is -2.41. The molecule has 4 heteroatoms. The van der Waals surface area contributed by atoms with Crippen molar-refractivity contribution in [3.05, 3.63) is 35.4 Å². The standard InChI is InChI=1S/C16H23ClN2O/c1-3-19-9-5-8-15(19)12-18(2)16(20)14-7-4-6-13(10-14)11-17/h4,6-7,10,15H,3,5,8-9,11-12H2,1-2H3. The lowest BCUT2D eigenvalue weighted by atomic mass is 10.1. The molecule has 1 aliphatic rings. The smallest absolute Gasteiger partial charge is 0.253 e. The van der Waals surface area contributed by atoms with E-state index in [1.807, 2.05) is 36.2 Å². The van der Waals surface area contributed by atoms with E-state index >= 15 is 0 Å². The van der Waals surface area contributed by atoms with Gasteiger partial charge in [0, 0.05) is 31.1 Å². The molecule has 0 N–H and O–H groups in total. The fourth-order valence-electron chi connectivity index (χ4n) is 2.93. The molecule has 1 saturated heterocycles. The van der Waals surface area contributed by atoms with Gasteiger partial charge in [-0.05, 0) is 43.6 Å². The third kappa shape index (κ3) is 3.53. The maximum atomic E-state index is 12.5. The van der Waals surface area contributed by atoms with Crippen molar-refractivity contribution < 1.29 is 4.79 Å². The predicted octanol–water partition coefficient (Wildman–Crippen LogP) is 2.98. The Morgan fingerprint density at radius 1 is 1.50 bits per heavy atom. The Morgan fingerprint density at radius 3 is 3.00 bits per heavy atom. The molecule has 1 atom stereocenters. The summed E-state index contributed by atoms with van der Waals surface area (Å²) in [4.78, 5) is 16.8. The molecule has 0 aliphatic carbocycles. The zero-order valence-electron chi connectivity index (χ0n) is 12.3. The third-order valence-electron chi connectivity index (χ3n) is 4.06. The maximum Gasteiger partial charge on any atom is 0.253 e. The Hall–Kier alpha value is -1.06. The summed E-state index contributed by atoms with van der Waals surface area (Å²) in [5.41, 5.74) is 1.72. The van der Waals surface area contributed by atoms with E-state index in [2.05, 4.69) is 11.8 Å². The van der Waals surface area contributed by atoms with E-state index < -0.39 is 0 Å². The van der Waals surface area contributed by atoms with Crippen LogP contribution in [-0.4, -0.2) is 48.4 Å². The van der Waals surface area contributed by atoms with E-state index in [1.165, 1.54) is 12.8 Å². The number of nitrogens with zero attached hydrogens (tertiary/aromatic N) is 2. The molecule has 0 aromatic heterocycles. The van der Waals surface area contributed by atoms with E-state index in [1.54, 1.807) is 0 Å². The lowest BCUT2D eigenvalue weighted by Gasteiger charge is -2.27. The first-order chi connectivity index (χ1) is 9.65. The van der Waals surface area contributed by atoms with Crippen LogP contribution in [0.1, 0.15) is 35.7 Å². The number of carbonyl (C=O) groups excluding carboxylic acids is 1. The summed E-state index contributed by atoms with van der Waals surface area (Å²) in [5.74, 6) is 0.525. The zero-order valence-corrected chi connectivity index (χ0v) is 13.1. The van der Waals surface area contributed by atoms with E-state index in [0.717, 1.165) is 30.8 Å². The fourth-order valence-corrected chi connectivity index (χ4v) is 3.09. The van der Waals surface area contributed by atoms with Gasteiger partial charge >= 0.3 is 0 Å². The number of alkyl halides is 1. The Bertz CT molecular complexity index is 464. The molecular formula is C16H23ClN2O. The van der Waals surface area contributed by atoms with Crippen LogP contribution in [0.25, 0.3) is 0 Å². The van der Waals surface area contributed by atoms with Gasteiger partial charge in [-0.3, -0.25) is 9.69 Å². The first-order valence-electron chi connectivity index (χ1n) is 7.30. The maximum absolute atomic E-state index is 12.5. The van der Waals surface area contributed by atoms with Crippen LogP contribution in [0.3, 0.4) is 0 Å². The highest BCUT2D eigenvalue weighted by Gasteiger charge is 2.25. The highest BCUT2D eigenvalue weighted by molar-refractivity contribution is 6.17. The van der Waals surface area contributed by atoms with Crippen molar-refractivity contribution in [2.24, 2.45) is 0 Å². The quantitative estimate of drug-likeness (QED) is 0.780. The number of likely N-dealkylation sites (N-methyl/N-ethyl adjacent to an activating group) is 2. The SMILES string of the molecule is CCN1CCCC1CN(C)C(=O)c1cccc(CCl)c1. The molecule has 1 aromatic rings. The van der Waals surface area contributed by atoms with Crippen molar-refractivity contribution in [3.8, 4) is 0 Å². The van der Waals surface area contributed by atoms with Gasteiger partial charge in [0.15, 0.2) is 0 Å². The molecule has 110 valence electrons. The Balaban J connectivity index is 2.01. The van der Waals surface area contributed by atoms with Crippen LogP contribution < -0.4 is 0 Å². The molecule has 20 heavy (non-hydrogen) atoms. The minimum atomic E-state index is 0.0833. The van der Waals surface area contributed by atoms with Gasteiger partial charge in [0.1, 0.15) is 0 Å². The Morgan fingerprint density at radius 2 is 2.30 bits per heavy atom. The average molecular weight is 295 g/mol. The van der Waals surface area contributed by atoms with Crippen LogP contribution in [0.15, 0.2) is 24.3 Å². The highest BCUT2D eigenvalue weighted by atomic mass is 35.5. The fraction of sp³-hybridized carbons (Fsp3) is 0.562. The number of halogens is 1. The number of hydrogen-bond acceptors (Lipinski definition) is 2. The topological polar surface area (TPSA) is 23.6 Å². The first kappa shape index (κ1) is 15.3. The molecule has 1 aromatic carbocycles. The van der Waals surface area contributed by atoms with E-state index in [-0.39, 0.29) is 5.91 Å². The van der Waals surface area contributed by atoms with E-state index in [4.69, 9.17) is 11.6 Å². The van der Waals surface area contributed by atoms with Crippen molar-refractivity contribution in [2.45, 2.75) is 31.7 Å². The average Bonchev–Trinajstić information content (AvgIpc) is 2.93. The van der Waals surface area contributed by atoms with Gasteiger partial charge in [0.2, 0.25) is 0 Å². The second-order valence-electron chi connectivity index (χ2n) is 5.44. The number of amides is 1. The summed E-state index contributed by atoms with van der Waals surface area (Å²) in [6.07, 6.45) is 2.43. The summed E-state index contributed by atoms with van der Waals surface area (Å²) in [6.45, 7) is 5.21. The van der Waals surface area contributed by atoms with Crippen LogP contribution in [0.4, 0.5) is 0 Å². The molecule has 1 aliphatic heterocycles. The molecule has 0 saturated carbocycles. The summed E-state index contributed by atoms with van der Waals surface area (Å²) in [5, 5.41) is 0. The van der Waals surface area contributed by atoms with Gasteiger partial charge in [-0.15, -0.1) is 11.6 Å². The van der Waals surface area contributed by atoms with E-state index in [9.17, 15) is 4.79 Å². The second kappa shape index (κ2) is 7.09. The van der Waals surface area contributed by atoms with Gasteiger partial charge in [-0.25, -0.2) is 0 Å². The summed E-state index contributed by atoms with van der Waals surface area (Å²) in [6, 6.07) is 8.09. The van der Waals surface area contributed by atoms with Crippen LogP contribution in [0, 0.1) is 0 Å². The van der Waals surface area contributed by atoms with Gasteiger partial charge in [-0.1, -0.05) is 19.1 Å². The molecule has 1 fully saturated rings. The molecule has 1 unspecified atom stereocenters. The van der Waals surface area contributed by atoms with E-state index in [0.29, 0.717) is 11.9 Å². The molecule has 0 bridgehead atoms. The van der Waals surface area contributed by atoms with Crippen molar-refractivity contribution in [3.63, 3.8) is 0 Å². The van der Waals surface area contributed by atoms with Crippen molar-refractivity contribution in [1.29, 1.82) is 0 Å². The molecule has 1 amide bonds. The third-order valence-corrected chi connectivity index (χ3v) is 4.37. The zero-order chi connectivity index (χ0) is 14.5. The summed E-state index contributed by atoms with van der Waals surface area (Å²) < 4.78 is 0. The Kier molecular flexibility index (Phi) is 5.44. The molecule has 1 heterocycles. The van der Waals surface area contributed by atoms with Gasteiger partial charge in [-0.2, -0.15) is 0 Å². The number of hydrogen-bond donors (Lipinski definition) is 0. The number of likely N-dealkylation sites (tertiary alicyclic amines) is 1. The predicted molar refractivity (Wildman–Crippen MR) is 83.2 cm³/mol. The minimum absolute atomic E-state index is 0.0833. The number of carbonyl (C=O) groups is 1. The summed E-state index contributed by atoms with van der Waals surface area (Å²) >= 11 is 5.83. The normalized spacial score (nSPS) is 19.2. The largest absolute Gasteiger partial charge is 0.340 e. The van der Waals surface area contributed by atoms with Crippen LogP contribution in [0.5, 0.6) is 0 Å². The summed E-state index contributed by atoms with van der Waals surface area (Å²) in [7, 11) is 1.89. The Labute approximate surface area is 126 Å². The molecule has 2 rings (SSSR count). The molecule has 0 spiro atoms. The van der Waals surface area contributed by atoms with Crippen molar-refractivity contribution in [2.75, 3.05) is 26.7 Å². The molecular weight excluding hydrogens is 272 g/mol. The molecule has 3 nitrogen and oxygen atoms in total. The van der Waals surface area contributed by atoms with Gasteiger partial charge in [0.25, 0.3) is 5.91 Å². The van der Waals surface area contributed by atoms with Crippen LogP contribution in [-0.2, 0) is 5.88 Å².